The third-order valence-electron chi connectivity index (χ3n) is 3.30. The molecule has 1 heterocycles. The second-order valence-electron chi connectivity index (χ2n) is 5.16. The van der Waals surface area contributed by atoms with Crippen LogP contribution < -0.4 is 5.32 Å². The lowest BCUT2D eigenvalue weighted by Crippen LogP contribution is -2.44. The maximum Gasteiger partial charge on any atom is 0.256 e. The summed E-state index contributed by atoms with van der Waals surface area (Å²) in [5.41, 5.74) is 0.747. The molecule has 0 saturated carbocycles. The van der Waals surface area contributed by atoms with Crippen LogP contribution in [0.5, 0.6) is 0 Å². The van der Waals surface area contributed by atoms with E-state index >= 15 is 0 Å². The molecule has 1 aromatic rings. The van der Waals surface area contributed by atoms with Crippen molar-refractivity contribution in [2.24, 2.45) is 0 Å². The second-order valence-corrected chi connectivity index (χ2v) is 7.04. The Morgan fingerprint density at radius 3 is 2.65 bits per heavy atom. The van der Waals surface area contributed by atoms with Gasteiger partial charge in [0, 0.05) is 30.1 Å². The maximum atomic E-state index is 13.9. The quantitative estimate of drug-likeness (QED) is 0.929. The Hall–Kier alpha value is -1.23. The molecule has 0 aromatic heterocycles. The predicted molar refractivity (Wildman–Crippen MR) is 83.0 cm³/mol. The molecular weight excluding hydrogens is 275 g/mol. The molecule has 2 atom stereocenters. The molecule has 5 heteroatoms. The molecule has 1 aromatic carbocycles. The summed E-state index contributed by atoms with van der Waals surface area (Å²) in [4.78, 5) is 14.5. The van der Waals surface area contributed by atoms with Crippen molar-refractivity contribution in [1.82, 2.24) is 4.90 Å². The van der Waals surface area contributed by atoms with Gasteiger partial charge in [0.05, 0.1) is 11.3 Å². The molecule has 0 radical (unpaired) electrons. The highest BCUT2D eigenvalue weighted by Crippen LogP contribution is 2.28. The highest BCUT2D eigenvalue weighted by molar-refractivity contribution is 8.00. The number of rotatable bonds is 3. The summed E-state index contributed by atoms with van der Waals surface area (Å²) in [7, 11) is 0. The number of para-hydroxylation sites is 1. The second kappa shape index (κ2) is 6.48. The van der Waals surface area contributed by atoms with Crippen LogP contribution in [0.3, 0.4) is 0 Å². The largest absolute Gasteiger partial charge is 0.382 e. The van der Waals surface area contributed by atoms with Crippen LogP contribution in [0, 0.1) is 5.82 Å². The van der Waals surface area contributed by atoms with Gasteiger partial charge in [-0.2, -0.15) is 11.8 Å². The fourth-order valence-corrected chi connectivity index (χ4v) is 3.90. The highest BCUT2D eigenvalue weighted by Gasteiger charge is 2.28. The molecule has 1 amide bonds. The van der Waals surface area contributed by atoms with E-state index in [0.717, 1.165) is 13.1 Å². The number of halogens is 1. The van der Waals surface area contributed by atoms with Crippen LogP contribution in [-0.4, -0.2) is 40.9 Å². The van der Waals surface area contributed by atoms with Gasteiger partial charge in [-0.25, -0.2) is 4.39 Å². The molecule has 1 saturated heterocycles. The normalized spacial score (nSPS) is 22.7. The zero-order chi connectivity index (χ0) is 14.7. The van der Waals surface area contributed by atoms with E-state index in [4.69, 9.17) is 0 Å². The van der Waals surface area contributed by atoms with Gasteiger partial charge in [-0.3, -0.25) is 4.79 Å². The highest BCUT2D eigenvalue weighted by atomic mass is 32.2. The average Bonchev–Trinajstić information content (AvgIpc) is 2.39. The van der Waals surface area contributed by atoms with Crippen molar-refractivity contribution in [3.8, 4) is 0 Å². The molecular formula is C15H21FN2OS. The average molecular weight is 296 g/mol. The lowest BCUT2D eigenvalue weighted by atomic mass is 10.1. The van der Waals surface area contributed by atoms with E-state index in [2.05, 4.69) is 19.2 Å². The van der Waals surface area contributed by atoms with Crippen LogP contribution in [0.1, 0.15) is 31.1 Å². The predicted octanol–water partition coefficient (Wildman–Crippen LogP) is 3.22. The lowest BCUT2D eigenvalue weighted by Gasteiger charge is -2.35. The number of hydrogen-bond donors (Lipinski definition) is 1. The number of hydrogen-bond acceptors (Lipinski definition) is 3. The molecule has 0 bridgehead atoms. The minimum absolute atomic E-state index is 0.0838. The minimum atomic E-state index is -0.370. The number of benzene rings is 1. The van der Waals surface area contributed by atoms with Gasteiger partial charge in [-0.15, -0.1) is 0 Å². The van der Waals surface area contributed by atoms with E-state index in [-0.39, 0.29) is 11.7 Å². The molecule has 0 aliphatic carbocycles. The van der Waals surface area contributed by atoms with E-state index < -0.39 is 0 Å². The van der Waals surface area contributed by atoms with E-state index in [9.17, 15) is 9.18 Å². The van der Waals surface area contributed by atoms with Crippen LogP contribution in [0.4, 0.5) is 10.1 Å². The van der Waals surface area contributed by atoms with Crippen LogP contribution in [0.2, 0.25) is 0 Å². The van der Waals surface area contributed by atoms with Crippen molar-refractivity contribution in [3.05, 3.63) is 29.6 Å². The lowest BCUT2D eigenvalue weighted by molar-refractivity contribution is 0.0754. The molecule has 2 unspecified atom stereocenters. The number of thioether (sulfide) groups is 1. The van der Waals surface area contributed by atoms with Gasteiger partial charge in [0.15, 0.2) is 0 Å². The standard InChI is InChI=1S/C15H21FN2OS/c1-4-17-14-12(6-5-7-13(14)16)15(19)18-8-10(2)20-11(3)9-18/h5-7,10-11,17H,4,8-9H2,1-3H3. The number of nitrogens with one attached hydrogen (secondary N) is 1. The first kappa shape index (κ1) is 15.2. The molecule has 2 rings (SSSR count). The Morgan fingerprint density at radius 1 is 1.40 bits per heavy atom. The summed E-state index contributed by atoms with van der Waals surface area (Å²) >= 11 is 1.89. The van der Waals surface area contributed by atoms with Crippen molar-refractivity contribution in [2.45, 2.75) is 31.3 Å². The van der Waals surface area contributed by atoms with E-state index in [1.807, 2.05) is 23.6 Å². The zero-order valence-electron chi connectivity index (χ0n) is 12.1. The summed E-state index contributed by atoms with van der Waals surface area (Å²) in [6, 6.07) is 4.67. The van der Waals surface area contributed by atoms with E-state index in [1.54, 1.807) is 12.1 Å². The Kier molecular flexibility index (Phi) is 4.91. The first-order valence-electron chi connectivity index (χ1n) is 7.00. The van der Waals surface area contributed by atoms with Crippen molar-refractivity contribution >= 4 is 23.4 Å². The zero-order valence-corrected chi connectivity index (χ0v) is 13.0. The van der Waals surface area contributed by atoms with Crippen LogP contribution in [-0.2, 0) is 0 Å². The van der Waals surface area contributed by atoms with Gasteiger partial charge < -0.3 is 10.2 Å². The monoisotopic (exact) mass is 296 g/mol. The van der Waals surface area contributed by atoms with Gasteiger partial charge in [-0.1, -0.05) is 19.9 Å². The molecule has 1 aliphatic rings. The minimum Gasteiger partial charge on any atom is -0.382 e. The van der Waals surface area contributed by atoms with Gasteiger partial charge in [0.1, 0.15) is 5.82 Å². The molecule has 1 aliphatic heterocycles. The first-order chi connectivity index (χ1) is 9.52. The molecule has 3 nitrogen and oxygen atoms in total. The van der Waals surface area contributed by atoms with Crippen molar-refractivity contribution in [2.75, 3.05) is 25.0 Å². The Bertz CT molecular complexity index is 485. The molecule has 1 fully saturated rings. The SMILES string of the molecule is CCNc1c(F)cccc1C(=O)N1CC(C)SC(C)C1. The summed E-state index contributed by atoms with van der Waals surface area (Å²) < 4.78 is 13.9. The number of amides is 1. The van der Waals surface area contributed by atoms with Crippen molar-refractivity contribution in [1.29, 1.82) is 0 Å². The summed E-state index contributed by atoms with van der Waals surface area (Å²) in [5, 5.41) is 3.79. The van der Waals surface area contributed by atoms with Crippen molar-refractivity contribution in [3.63, 3.8) is 0 Å². The number of anilines is 1. The summed E-state index contributed by atoms with van der Waals surface area (Å²) in [6.07, 6.45) is 0. The number of carbonyl (C=O) groups is 1. The third-order valence-corrected chi connectivity index (χ3v) is 4.53. The third kappa shape index (κ3) is 3.26. The van der Waals surface area contributed by atoms with Gasteiger partial charge in [-0.05, 0) is 19.1 Å². The van der Waals surface area contributed by atoms with E-state index in [1.165, 1.54) is 6.07 Å². The number of carbonyl (C=O) groups excluding carboxylic acids is 1. The fourth-order valence-electron chi connectivity index (χ4n) is 2.57. The van der Waals surface area contributed by atoms with Gasteiger partial charge in [0.25, 0.3) is 5.91 Å². The van der Waals surface area contributed by atoms with E-state index in [0.29, 0.717) is 28.3 Å². The van der Waals surface area contributed by atoms with Crippen LogP contribution >= 0.6 is 11.8 Å². The first-order valence-corrected chi connectivity index (χ1v) is 7.94. The smallest absolute Gasteiger partial charge is 0.256 e. The van der Waals surface area contributed by atoms with Crippen LogP contribution in [0.25, 0.3) is 0 Å². The Labute approximate surface area is 123 Å². The van der Waals surface area contributed by atoms with Crippen molar-refractivity contribution < 1.29 is 9.18 Å². The number of nitrogens with zero attached hydrogens (tertiary/aromatic N) is 1. The molecule has 110 valence electrons. The molecule has 20 heavy (non-hydrogen) atoms. The molecule has 1 N–H and O–H groups in total. The Morgan fingerprint density at radius 2 is 2.05 bits per heavy atom. The topological polar surface area (TPSA) is 32.3 Å². The fraction of sp³-hybridized carbons (Fsp3) is 0.533. The van der Waals surface area contributed by atoms with Gasteiger partial charge >= 0.3 is 0 Å². The Balaban J connectivity index is 2.26. The summed E-state index contributed by atoms with van der Waals surface area (Å²) in [5.74, 6) is -0.454. The molecule has 0 spiro atoms. The summed E-state index contributed by atoms with van der Waals surface area (Å²) in [6.45, 7) is 8.16. The maximum absolute atomic E-state index is 13.9. The van der Waals surface area contributed by atoms with Gasteiger partial charge in [0.2, 0.25) is 0 Å². The van der Waals surface area contributed by atoms with Crippen LogP contribution in [0.15, 0.2) is 18.2 Å².